The molecule has 24 heavy (non-hydrogen) atoms. The van der Waals surface area contributed by atoms with E-state index in [2.05, 4.69) is 71.0 Å². The molecule has 0 spiro atoms. The van der Waals surface area contributed by atoms with Crippen LogP contribution in [0.15, 0.2) is 59.6 Å². The smallest absolute Gasteiger partial charge is 0.137 e. The standard InChI is InChI=1S/C20H23N3S/c1-16-6-5-9-20-21-18(14-23(16)20)13-22-11-10-17(12-22)15-24-19-7-3-2-4-8-19/h2-9,14,17H,10-13,15H2,1H3. The molecule has 0 aliphatic carbocycles. The third-order valence-electron chi connectivity index (χ3n) is 4.73. The van der Waals surface area contributed by atoms with Crippen LogP contribution in [0.5, 0.6) is 0 Å². The Morgan fingerprint density at radius 3 is 2.83 bits per heavy atom. The summed E-state index contributed by atoms with van der Waals surface area (Å²) in [6.07, 6.45) is 3.49. The molecule has 2 aromatic heterocycles. The lowest BCUT2D eigenvalue weighted by Crippen LogP contribution is -2.20. The zero-order valence-electron chi connectivity index (χ0n) is 14.1. The van der Waals surface area contributed by atoms with E-state index in [9.17, 15) is 0 Å². The highest BCUT2D eigenvalue weighted by Gasteiger charge is 2.23. The zero-order valence-corrected chi connectivity index (χ0v) is 14.9. The first-order chi connectivity index (χ1) is 11.8. The minimum Gasteiger partial charge on any atom is -0.304 e. The molecule has 0 N–H and O–H groups in total. The highest BCUT2D eigenvalue weighted by atomic mass is 32.2. The van der Waals surface area contributed by atoms with Gasteiger partial charge in [0.05, 0.1) is 5.69 Å². The van der Waals surface area contributed by atoms with Crippen molar-refractivity contribution in [2.75, 3.05) is 18.8 Å². The van der Waals surface area contributed by atoms with E-state index in [4.69, 9.17) is 4.98 Å². The summed E-state index contributed by atoms with van der Waals surface area (Å²) < 4.78 is 2.19. The average Bonchev–Trinajstić information content (AvgIpc) is 3.21. The summed E-state index contributed by atoms with van der Waals surface area (Å²) in [7, 11) is 0. The molecule has 0 saturated carbocycles. The Hall–Kier alpha value is -1.78. The van der Waals surface area contributed by atoms with Crippen LogP contribution in [-0.2, 0) is 6.54 Å². The number of fused-ring (bicyclic) bond motifs is 1. The van der Waals surface area contributed by atoms with Crippen LogP contribution in [0.2, 0.25) is 0 Å². The van der Waals surface area contributed by atoms with Crippen molar-refractivity contribution in [3.63, 3.8) is 0 Å². The van der Waals surface area contributed by atoms with Gasteiger partial charge in [0.25, 0.3) is 0 Å². The Balaban J connectivity index is 1.34. The van der Waals surface area contributed by atoms with Crippen LogP contribution >= 0.6 is 11.8 Å². The van der Waals surface area contributed by atoms with Gasteiger partial charge in [-0.1, -0.05) is 24.3 Å². The number of nitrogens with zero attached hydrogens (tertiary/aromatic N) is 3. The van der Waals surface area contributed by atoms with E-state index in [1.54, 1.807) is 0 Å². The Morgan fingerprint density at radius 2 is 2.00 bits per heavy atom. The number of imidazole rings is 1. The molecule has 0 radical (unpaired) electrons. The fourth-order valence-electron chi connectivity index (χ4n) is 3.43. The highest BCUT2D eigenvalue weighted by Crippen LogP contribution is 2.26. The Labute approximate surface area is 147 Å². The topological polar surface area (TPSA) is 20.5 Å². The van der Waals surface area contributed by atoms with Crippen LogP contribution in [0.4, 0.5) is 0 Å². The van der Waals surface area contributed by atoms with Gasteiger partial charge in [0.1, 0.15) is 5.65 Å². The summed E-state index contributed by atoms with van der Waals surface area (Å²) in [5.74, 6) is 2.00. The van der Waals surface area contributed by atoms with Crippen LogP contribution in [-0.4, -0.2) is 33.1 Å². The third kappa shape index (κ3) is 3.50. The van der Waals surface area contributed by atoms with Gasteiger partial charge in [-0.25, -0.2) is 4.98 Å². The van der Waals surface area contributed by atoms with Crippen LogP contribution in [0.25, 0.3) is 5.65 Å². The number of likely N-dealkylation sites (tertiary alicyclic amines) is 1. The third-order valence-corrected chi connectivity index (χ3v) is 5.97. The first-order valence-corrected chi connectivity index (χ1v) is 9.60. The molecule has 1 aliphatic rings. The Bertz CT molecular complexity index is 812. The molecular weight excluding hydrogens is 314 g/mol. The quantitative estimate of drug-likeness (QED) is 0.649. The molecule has 0 amide bonds. The molecule has 3 heterocycles. The summed E-state index contributed by atoms with van der Waals surface area (Å²) in [6, 6.07) is 17.0. The van der Waals surface area contributed by atoms with Crippen LogP contribution < -0.4 is 0 Å². The van der Waals surface area contributed by atoms with Crippen molar-refractivity contribution in [2.24, 2.45) is 5.92 Å². The van der Waals surface area contributed by atoms with Gasteiger partial charge < -0.3 is 4.40 Å². The molecule has 124 valence electrons. The van der Waals surface area contributed by atoms with E-state index in [1.165, 1.54) is 41.5 Å². The molecule has 1 aliphatic heterocycles. The number of hydrogen-bond donors (Lipinski definition) is 0. The molecule has 0 bridgehead atoms. The van der Waals surface area contributed by atoms with E-state index in [0.717, 1.165) is 18.1 Å². The summed E-state index contributed by atoms with van der Waals surface area (Å²) in [5, 5.41) is 0. The van der Waals surface area contributed by atoms with Crippen LogP contribution in [0.3, 0.4) is 0 Å². The minimum absolute atomic E-state index is 0.786. The number of pyridine rings is 1. The second-order valence-electron chi connectivity index (χ2n) is 6.64. The molecule has 4 rings (SSSR count). The van der Waals surface area contributed by atoms with Gasteiger partial charge in [0.15, 0.2) is 0 Å². The number of thioether (sulfide) groups is 1. The number of hydrogen-bond acceptors (Lipinski definition) is 3. The fraction of sp³-hybridized carbons (Fsp3) is 0.350. The number of aromatic nitrogens is 2. The summed E-state index contributed by atoms with van der Waals surface area (Å²) >= 11 is 1.99. The minimum atomic E-state index is 0.786. The maximum absolute atomic E-state index is 4.77. The molecule has 3 nitrogen and oxygen atoms in total. The molecule has 1 fully saturated rings. The van der Waals surface area contributed by atoms with E-state index >= 15 is 0 Å². The molecule has 3 aromatic rings. The van der Waals surface area contributed by atoms with E-state index in [1.807, 2.05) is 11.8 Å². The lowest BCUT2D eigenvalue weighted by molar-refractivity contribution is 0.318. The van der Waals surface area contributed by atoms with Gasteiger partial charge in [-0.2, -0.15) is 0 Å². The highest BCUT2D eigenvalue weighted by molar-refractivity contribution is 7.99. The average molecular weight is 337 g/mol. The van der Waals surface area contributed by atoms with E-state index < -0.39 is 0 Å². The van der Waals surface area contributed by atoms with Crippen LogP contribution in [0, 0.1) is 12.8 Å². The fourth-order valence-corrected chi connectivity index (χ4v) is 4.48. The molecular formula is C20H23N3S. The number of rotatable bonds is 5. The lowest BCUT2D eigenvalue weighted by Gasteiger charge is -2.14. The largest absolute Gasteiger partial charge is 0.304 e. The van der Waals surface area contributed by atoms with Crippen molar-refractivity contribution in [1.82, 2.24) is 14.3 Å². The van der Waals surface area contributed by atoms with Gasteiger partial charge in [-0.05, 0) is 50.1 Å². The molecule has 4 heteroatoms. The first kappa shape index (κ1) is 15.7. The maximum atomic E-state index is 4.77. The van der Waals surface area contributed by atoms with Gasteiger partial charge in [-0.15, -0.1) is 11.8 Å². The van der Waals surface area contributed by atoms with Crippen molar-refractivity contribution >= 4 is 17.4 Å². The monoisotopic (exact) mass is 337 g/mol. The summed E-state index contributed by atoms with van der Waals surface area (Å²) in [5.41, 5.74) is 3.48. The second kappa shape index (κ2) is 6.99. The molecule has 1 atom stereocenters. The molecule has 1 aromatic carbocycles. The van der Waals surface area contributed by atoms with Gasteiger partial charge >= 0.3 is 0 Å². The Morgan fingerprint density at radius 1 is 1.12 bits per heavy atom. The SMILES string of the molecule is Cc1cccc2nc(CN3CCC(CSc4ccccc4)C3)cn12. The zero-order chi connectivity index (χ0) is 16.4. The van der Waals surface area contributed by atoms with Crippen molar-refractivity contribution in [2.45, 2.75) is 24.8 Å². The van der Waals surface area contributed by atoms with E-state index in [0.29, 0.717) is 0 Å². The predicted molar refractivity (Wildman–Crippen MR) is 100 cm³/mol. The molecule has 1 saturated heterocycles. The Kier molecular flexibility index (Phi) is 4.58. The summed E-state index contributed by atoms with van der Waals surface area (Å²) in [6.45, 7) is 5.47. The van der Waals surface area contributed by atoms with Crippen molar-refractivity contribution in [1.29, 1.82) is 0 Å². The normalized spacial score (nSPS) is 18.5. The van der Waals surface area contributed by atoms with Gasteiger partial charge in [0.2, 0.25) is 0 Å². The second-order valence-corrected chi connectivity index (χ2v) is 7.73. The lowest BCUT2D eigenvalue weighted by atomic mass is 10.2. The number of aryl methyl sites for hydroxylation is 1. The predicted octanol–water partition coefficient (Wildman–Crippen LogP) is 4.26. The van der Waals surface area contributed by atoms with Crippen molar-refractivity contribution in [3.05, 3.63) is 66.1 Å². The van der Waals surface area contributed by atoms with Crippen molar-refractivity contribution in [3.8, 4) is 0 Å². The number of benzene rings is 1. The van der Waals surface area contributed by atoms with Crippen LogP contribution in [0.1, 0.15) is 17.8 Å². The van der Waals surface area contributed by atoms with Gasteiger partial charge in [0, 0.05) is 35.6 Å². The van der Waals surface area contributed by atoms with Crippen molar-refractivity contribution < 1.29 is 0 Å². The molecule has 1 unspecified atom stereocenters. The van der Waals surface area contributed by atoms with E-state index in [-0.39, 0.29) is 0 Å². The summed E-state index contributed by atoms with van der Waals surface area (Å²) in [4.78, 5) is 8.70. The van der Waals surface area contributed by atoms with Gasteiger partial charge in [-0.3, -0.25) is 4.90 Å². The first-order valence-electron chi connectivity index (χ1n) is 8.62. The maximum Gasteiger partial charge on any atom is 0.137 e.